The van der Waals surface area contributed by atoms with Crippen molar-refractivity contribution in [3.8, 4) is 5.69 Å². The molecule has 12 heteroatoms. The van der Waals surface area contributed by atoms with E-state index in [1.54, 1.807) is 6.92 Å². The number of alkyl halides is 3. The maximum absolute atomic E-state index is 13.8. The van der Waals surface area contributed by atoms with Gasteiger partial charge in [-0.05, 0) is 25.1 Å². The van der Waals surface area contributed by atoms with Gasteiger partial charge in [-0.2, -0.15) is 18.3 Å². The van der Waals surface area contributed by atoms with Crippen LogP contribution in [0.25, 0.3) is 5.69 Å². The predicted octanol–water partition coefficient (Wildman–Crippen LogP) is 3.60. The van der Waals surface area contributed by atoms with E-state index in [0.29, 0.717) is 4.47 Å². The number of benzene rings is 2. The third-order valence-electron chi connectivity index (χ3n) is 6.02. The van der Waals surface area contributed by atoms with E-state index in [0.717, 1.165) is 16.3 Å². The smallest absolute Gasteiger partial charge is 0.388 e. The van der Waals surface area contributed by atoms with Crippen LogP contribution in [0.5, 0.6) is 0 Å². The molecular weight excluding hydrogens is 533 g/mol. The van der Waals surface area contributed by atoms with Gasteiger partial charge in [-0.25, -0.2) is 9.67 Å². The molecule has 186 valence electrons. The van der Waals surface area contributed by atoms with Crippen molar-refractivity contribution < 1.29 is 32.5 Å². The van der Waals surface area contributed by atoms with Crippen molar-refractivity contribution in [2.75, 3.05) is 6.61 Å². The lowest BCUT2D eigenvalue weighted by Crippen LogP contribution is -2.62. The zero-order valence-electron chi connectivity index (χ0n) is 18.4. The van der Waals surface area contributed by atoms with Crippen molar-refractivity contribution in [2.24, 2.45) is 5.73 Å². The number of aliphatic hydroxyl groups excluding tert-OH is 1. The SMILES string of the molecule is Cc1nc(C2OC3COC(c4ccccc4)OC3C(N)C2O)n(-c2cc(Br)ccc2C(F)(F)F)n1. The molecule has 6 unspecified atom stereocenters. The maximum atomic E-state index is 13.8. The maximum Gasteiger partial charge on any atom is 0.418 e. The minimum atomic E-state index is -4.64. The summed E-state index contributed by atoms with van der Waals surface area (Å²) in [5.41, 5.74) is 5.99. The van der Waals surface area contributed by atoms with Crippen molar-refractivity contribution in [2.45, 2.75) is 49.8 Å². The molecule has 2 aliphatic heterocycles. The molecule has 1 aromatic heterocycles. The van der Waals surface area contributed by atoms with E-state index in [1.807, 2.05) is 30.3 Å². The summed E-state index contributed by atoms with van der Waals surface area (Å²) < 4.78 is 60.7. The van der Waals surface area contributed by atoms with Crippen molar-refractivity contribution >= 4 is 15.9 Å². The van der Waals surface area contributed by atoms with Crippen LogP contribution in [-0.2, 0) is 20.4 Å². The molecule has 6 atom stereocenters. The number of nitrogens with zero attached hydrogens (tertiary/aromatic N) is 3. The third kappa shape index (κ3) is 4.61. The molecule has 0 spiro atoms. The lowest BCUT2D eigenvalue weighted by molar-refractivity contribution is -0.309. The number of halogens is 4. The molecule has 0 radical (unpaired) electrons. The molecule has 3 aromatic rings. The Hall–Kier alpha value is -2.35. The van der Waals surface area contributed by atoms with Crippen LogP contribution in [0.4, 0.5) is 13.2 Å². The highest BCUT2D eigenvalue weighted by atomic mass is 79.9. The number of nitrogens with two attached hydrogens (primary N) is 1. The highest BCUT2D eigenvalue weighted by molar-refractivity contribution is 9.10. The first-order valence-corrected chi connectivity index (χ1v) is 11.6. The van der Waals surface area contributed by atoms with Crippen molar-refractivity contribution in [3.05, 3.63) is 75.8 Å². The topological polar surface area (TPSA) is 105 Å². The summed E-state index contributed by atoms with van der Waals surface area (Å²) in [4.78, 5) is 4.30. The van der Waals surface area contributed by atoms with Crippen molar-refractivity contribution in [3.63, 3.8) is 0 Å². The minimum Gasteiger partial charge on any atom is -0.388 e. The van der Waals surface area contributed by atoms with Gasteiger partial charge in [0.05, 0.1) is 23.9 Å². The number of aryl methyl sites for hydroxylation is 1. The predicted molar refractivity (Wildman–Crippen MR) is 120 cm³/mol. The van der Waals surface area contributed by atoms with E-state index >= 15 is 0 Å². The molecular formula is C23H22BrF3N4O4. The van der Waals surface area contributed by atoms with E-state index in [-0.39, 0.29) is 23.9 Å². The Balaban J connectivity index is 1.47. The van der Waals surface area contributed by atoms with E-state index < -0.39 is 48.5 Å². The monoisotopic (exact) mass is 554 g/mol. The largest absolute Gasteiger partial charge is 0.418 e. The number of hydrogen-bond acceptors (Lipinski definition) is 7. The summed E-state index contributed by atoms with van der Waals surface area (Å²) in [5, 5.41) is 15.2. The van der Waals surface area contributed by atoms with E-state index in [9.17, 15) is 18.3 Å². The van der Waals surface area contributed by atoms with Gasteiger partial charge in [0.2, 0.25) is 0 Å². The molecule has 2 fully saturated rings. The fraction of sp³-hybridized carbons (Fsp3) is 0.391. The molecule has 0 saturated carbocycles. The summed E-state index contributed by atoms with van der Waals surface area (Å²) in [6, 6.07) is 11.9. The number of hydrogen-bond donors (Lipinski definition) is 2. The van der Waals surface area contributed by atoms with Crippen LogP contribution >= 0.6 is 15.9 Å². The number of aromatic nitrogens is 3. The minimum absolute atomic E-state index is 0.00215. The summed E-state index contributed by atoms with van der Waals surface area (Å²) in [7, 11) is 0. The summed E-state index contributed by atoms with van der Waals surface area (Å²) in [6.45, 7) is 1.65. The molecule has 5 rings (SSSR count). The molecule has 0 aliphatic carbocycles. The van der Waals surface area contributed by atoms with Gasteiger partial charge in [-0.1, -0.05) is 46.3 Å². The number of fused-ring (bicyclic) bond motifs is 1. The molecule has 2 aromatic carbocycles. The average Bonchev–Trinajstić information content (AvgIpc) is 3.22. The first-order chi connectivity index (χ1) is 16.6. The Labute approximate surface area is 206 Å². The Bertz CT molecular complexity index is 1210. The molecule has 0 bridgehead atoms. The Morgan fingerprint density at radius 2 is 1.89 bits per heavy atom. The van der Waals surface area contributed by atoms with Gasteiger partial charge in [0.1, 0.15) is 30.2 Å². The van der Waals surface area contributed by atoms with E-state index in [4.69, 9.17) is 19.9 Å². The van der Waals surface area contributed by atoms with Crippen molar-refractivity contribution in [1.82, 2.24) is 14.8 Å². The lowest BCUT2D eigenvalue weighted by atomic mass is 9.92. The van der Waals surface area contributed by atoms with Gasteiger partial charge in [-0.15, -0.1) is 0 Å². The molecule has 35 heavy (non-hydrogen) atoms. The average molecular weight is 555 g/mol. The zero-order valence-corrected chi connectivity index (χ0v) is 20.0. The Kier molecular flexibility index (Phi) is 6.45. The second kappa shape index (κ2) is 9.26. The molecule has 3 N–H and O–H groups in total. The van der Waals surface area contributed by atoms with Gasteiger partial charge < -0.3 is 25.1 Å². The standard InChI is InChI=1S/C23H22BrF3N4O4/c1-11-29-21(31(30-11)15-9-13(24)7-8-14(15)23(25,26)27)20-18(32)17(28)19-16(34-20)10-33-22(35-19)12-5-3-2-4-6-12/h2-9,16-20,22,32H,10,28H2,1H3. The van der Waals surface area contributed by atoms with Gasteiger partial charge in [0.15, 0.2) is 12.1 Å². The van der Waals surface area contributed by atoms with Crippen LogP contribution < -0.4 is 5.73 Å². The zero-order chi connectivity index (χ0) is 24.9. The van der Waals surface area contributed by atoms with Crippen molar-refractivity contribution in [1.29, 1.82) is 0 Å². The summed E-state index contributed by atoms with van der Waals surface area (Å²) >= 11 is 3.22. The fourth-order valence-electron chi connectivity index (χ4n) is 4.38. The first kappa shape index (κ1) is 24.3. The van der Waals surface area contributed by atoms with Gasteiger partial charge in [0.25, 0.3) is 0 Å². The normalized spacial score (nSPS) is 29.1. The van der Waals surface area contributed by atoms with Gasteiger partial charge >= 0.3 is 6.18 Å². The van der Waals surface area contributed by atoms with Crippen LogP contribution in [0.3, 0.4) is 0 Å². The van der Waals surface area contributed by atoms with E-state index in [2.05, 4.69) is 26.0 Å². The second-order valence-electron chi connectivity index (χ2n) is 8.43. The molecule has 3 heterocycles. The third-order valence-corrected chi connectivity index (χ3v) is 6.52. The van der Waals surface area contributed by atoms with Crippen LogP contribution in [-0.4, -0.2) is 50.8 Å². The van der Waals surface area contributed by atoms with Gasteiger partial charge in [-0.3, -0.25) is 0 Å². The summed E-state index contributed by atoms with van der Waals surface area (Å²) in [6.07, 6.45) is -9.18. The Morgan fingerprint density at radius 1 is 1.14 bits per heavy atom. The quantitative estimate of drug-likeness (QED) is 0.509. The molecule has 0 amide bonds. The first-order valence-electron chi connectivity index (χ1n) is 10.9. The van der Waals surface area contributed by atoms with Crippen LogP contribution in [0, 0.1) is 6.92 Å². The fourth-order valence-corrected chi connectivity index (χ4v) is 4.73. The number of aliphatic hydroxyl groups is 1. The number of ether oxygens (including phenoxy) is 3. The number of rotatable bonds is 3. The van der Waals surface area contributed by atoms with Crippen LogP contribution in [0.1, 0.15) is 35.2 Å². The van der Waals surface area contributed by atoms with Gasteiger partial charge in [0, 0.05) is 10.0 Å². The van der Waals surface area contributed by atoms with Crippen LogP contribution in [0.15, 0.2) is 53.0 Å². The summed E-state index contributed by atoms with van der Waals surface area (Å²) in [5.74, 6) is 0.206. The lowest BCUT2D eigenvalue weighted by Gasteiger charge is -2.46. The molecule has 2 saturated heterocycles. The highest BCUT2D eigenvalue weighted by Crippen LogP contribution is 2.40. The second-order valence-corrected chi connectivity index (χ2v) is 9.34. The van der Waals surface area contributed by atoms with Crippen LogP contribution in [0.2, 0.25) is 0 Å². The Morgan fingerprint density at radius 3 is 2.60 bits per heavy atom. The molecule has 8 nitrogen and oxygen atoms in total. The highest BCUT2D eigenvalue weighted by Gasteiger charge is 2.50. The molecule has 2 aliphatic rings. The van der Waals surface area contributed by atoms with E-state index in [1.165, 1.54) is 12.1 Å².